The Morgan fingerprint density at radius 2 is 1.85 bits per heavy atom. The molecule has 0 aromatic heterocycles. The Labute approximate surface area is 157 Å². The van der Waals surface area contributed by atoms with Crippen molar-refractivity contribution in [3.05, 3.63) is 29.3 Å². The van der Waals surface area contributed by atoms with E-state index in [-0.39, 0.29) is 17.7 Å². The Kier molecular flexibility index (Phi) is 7.46. The number of hydrogen-bond donors (Lipinski definition) is 1. The Morgan fingerprint density at radius 1 is 1.23 bits per heavy atom. The maximum absolute atomic E-state index is 12.1. The van der Waals surface area contributed by atoms with Gasteiger partial charge in [-0.2, -0.15) is 0 Å². The average molecular weight is 383 g/mol. The van der Waals surface area contributed by atoms with Gasteiger partial charge in [0.15, 0.2) is 0 Å². The average Bonchev–Trinajstić information content (AvgIpc) is 2.61. The van der Waals surface area contributed by atoms with Crippen molar-refractivity contribution < 1.29 is 17.9 Å². The van der Waals surface area contributed by atoms with Gasteiger partial charge < -0.3 is 10.1 Å². The van der Waals surface area contributed by atoms with Crippen LogP contribution in [0.25, 0.3) is 0 Å². The molecule has 2 rings (SSSR count). The number of piperidine rings is 1. The highest BCUT2D eigenvalue weighted by Gasteiger charge is 2.27. The number of carbonyl (C=O) groups is 1. The molecular weight excluding hydrogens is 352 g/mol. The summed E-state index contributed by atoms with van der Waals surface area (Å²) >= 11 is 0. The van der Waals surface area contributed by atoms with Crippen LogP contribution in [-0.4, -0.2) is 50.1 Å². The minimum atomic E-state index is -3.12. The van der Waals surface area contributed by atoms with Crippen LogP contribution in [0.1, 0.15) is 43.7 Å². The largest absolute Gasteiger partial charge is 0.493 e. The standard InChI is InChI=1S/C19H30N2O4S/c1-4-26(23,24)21-12-10-17(11-13-21)20-18(22)9-6-14-25-19-15(2)7-5-8-16(19)3/h5,7-8,17H,4,6,9-14H2,1-3H3,(H,20,22). The molecule has 1 aromatic rings. The highest BCUT2D eigenvalue weighted by molar-refractivity contribution is 7.89. The second-order valence-electron chi connectivity index (χ2n) is 6.81. The molecule has 0 atom stereocenters. The molecular formula is C19H30N2O4S. The third kappa shape index (κ3) is 5.71. The van der Waals surface area contributed by atoms with Crippen LogP contribution in [0.2, 0.25) is 0 Å². The van der Waals surface area contributed by atoms with Gasteiger partial charge >= 0.3 is 0 Å². The van der Waals surface area contributed by atoms with Gasteiger partial charge in [0.25, 0.3) is 0 Å². The molecule has 26 heavy (non-hydrogen) atoms. The number of amides is 1. The second kappa shape index (κ2) is 9.37. The Balaban J connectivity index is 1.67. The lowest BCUT2D eigenvalue weighted by Gasteiger charge is -2.31. The number of hydrogen-bond acceptors (Lipinski definition) is 4. The molecule has 6 nitrogen and oxygen atoms in total. The summed E-state index contributed by atoms with van der Waals surface area (Å²) in [5, 5.41) is 3.01. The van der Waals surface area contributed by atoms with Crippen LogP contribution in [0.4, 0.5) is 0 Å². The first kappa shape index (κ1) is 20.7. The predicted molar refractivity (Wildman–Crippen MR) is 103 cm³/mol. The molecule has 1 aliphatic heterocycles. The van der Waals surface area contributed by atoms with Crippen LogP contribution in [0.5, 0.6) is 5.75 Å². The first-order chi connectivity index (χ1) is 12.3. The molecule has 0 saturated carbocycles. The number of rotatable bonds is 8. The van der Waals surface area contributed by atoms with E-state index in [2.05, 4.69) is 5.32 Å². The molecule has 146 valence electrons. The number of sulfonamides is 1. The zero-order valence-electron chi connectivity index (χ0n) is 16.0. The molecule has 1 heterocycles. The van der Waals surface area contributed by atoms with Crippen molar-refractivity contribution in [3.8, 4) is 5.75 Å². The molecule has 1 N–H and O–H groups in total. The quantitative estimate of drug-likeness (QED) is 0.701. The van der Waals surface area contributed by atoms with E-state index in [4.69, 9.17) is 4.74 Å². The molecule has 1 aromatic carbocycles. The van der Waals surface area contributed by atoms with Crippen LogP contribution >= 0.6 is 0 Å². The molecule has 0 spiro atoms. The third-order valence-electron chi connectivity index (χ3n) is 4.78. The number of nitrogens with zero attached hydrogens (tertiary/aromatic N) is 1. The monoisotopic (exact) mass is 382 g/mol. The summed E-state index contributed by atoms with van der Waals surface area (Å²) < 4.78 is 31.0. The van der Waals surface area contributed by atoms with E-state index >= 15 is 0 Å². The molecule has 0 unspecified atom stereocenters. The maximum atomic E-state index is 12.1. The van der Waals surface area contributed by atoms with Gasteiger partial charge in [0.05, 0.1) is 12.4 Å². The zero-order chi connectivity index (χ0) is 19.2. The number of aryl methyl sites for hydroxylation is 2. The van der Waals surface area contributed by atoms with Crippen molar-refractivity contribution in [1.29, 1.82) is 0 Å². The lowest BCUT2D eigenvalue weighted by molar-refractivity contribution is -0.122. The van der Waals surface area contributed by atoms with Gasteiger partial charge in [0, 0.05) is 25.6 Å². The van der Waals surface area contributed by atoms with Crippen molar-refractivity contribution in [3.63, 3.8) is 0 Å². The topological polar surface area (TPSA) is 75.7 Å². The first-order valence-corrected chi connectivity index (χ1v) is 10.9. The molecule has 1 saturated heterocycles. The molecule has 7 heteroatoms. The smallest absolute Gasteiger partial charge is 0.220 e. The van der Waals surface area contributed by atoms with Gasteiger partial charge in [-0.3, -0.25) is 4.79 Å². The van der Waals surface area contributed by atoms with Gasteiger partial charge in [-0.25, -0.2) is 12.7 Å². The molecule has 1 fully saturated rings. The minimum absolute atomic E-state index is 0.00639. The predicted octanol–water partition coefficient (Wildman–Crippen LogP) is 2.39. The van der Waals surface area contributed by atoms with Crippen molar-refractivity contribution in [2.45, 2.75) is 52.5 Å². The third-order valence-corrected chi connectivity index (χ3v) is 6.66. The Bertz CT molecular complexity index is 690. The lowest BCUT2D eigenvalue weighted by Crippen LogP contribution is -2.46. The summed E-state index contributed by atoms with van der Waals surface area (Å²) in [7, 11) is -3.12. The van der Waals surface area contributed by atoms with Crippen molar-refractivity contribution in [2.24, 2.45) is 0 Å². The number of carbonyl (C=O) groups excluding carboxylic acids is 1. The number of nitrogens with one attached hydrogen (secondary N) is 1. The van der Waals surface area contributed by atoms with E-state index in [0.29, 0.717) is 45.4 Å². The summed E-state index contributed by atoms with van der Waals surface area (Å²) in [6.07, 6.45) is 2.41. The second-order valence-corrected chi connectivity index (χ2v) is 9.07. The SMILES string of the molecule is CCS(=O)(=O)N1CCC(NC(=O)CCCOc2c(C)cccc2C)CC1. The zero-order valence-corrected chi connectivity index (χ0v) is 16.8. The Morgan fingerprint density at radius 3 is 2.42 bits per heavy atom. The van der Waals surface area contributed by atoms with Crippen LogP contribution in [0.3, 0.4) is 0 Å². The van der Waals surface area contributed by atoms with Crippen LogP contribution in [-0.2, 0) is 14.8 Å². The number of para-hydroxylation sites is 1. The van der Waals surface area contributed by atoms with Gasteiger partial charge in [-0.1, -0.05) is 18.2 Å². The summed E-state index contributed by atoms with van der Waals surface area (Å²) in [6, 6.07) is 6.09. The summed E-state index contributed by atoms with van der Waals surface area (Å²) in [5.74, 6) is 1.04. The van der Waals surface area contributed by atoms with E-state index in [9.17, 15) is 13.2 Å². The number of ether oxygens (including phenoxy) is 1. The lowest BCUT2D eigenvalue weighted by atomic mass is 10.1. The van der Waals surface area contributed by atoms with Crippen LogP contribution in [0.15, 0.2) is 18.2 Å². The highest BCUT2D eigenvalue weighted by Crippen LogP contribution is 2.22. The minimum Gasteiger partial charge on any atom is -0.493 e. The van der Waals surface area contributed by atoms with Crippen LogP contribution < -0.4 is 10.1 Å². The fourth-order valence-electron chi connectivity index (χ4n) is 3.19. The molecule has 0 bridgehead atoms. The Hall–Kier alpha value is -1.60. The maximum Gasteiger partial charge on any atom is 0.220 e. The summed E-state index contributed by atoms with van der Waals surface area (Å²) in [5.41, 5.74) is 2.20. The fraction of sp³-hybridized carbons (Fsp3) is 0.632. The molecule has 1 aliphatic rings. The molecule has 0 aliphatic carbocycles. The van der Waals surface area contributed by atoms with E-state index in [1.54, 1.807) is 6.92 Å². The first-order valence-electron chi connectivity index (χ1n) is 9.29. The van der Waals surface area contributed by atoms with Gasteiger partial charge in [0.2, 0.25) is 15.9 Å². The van der Waals surface area contributed by atoms with Crippen molar-refractivity contribution in [1.82, 2.24) is 9.62 Å². The van der Waals surface area contributed by atoms with Gasteiger partial charge in [-0.05, 0) is 51.2 Å². The fourth-order valence-corrected chi connectivity index (χ4v) is 4.33. The van der Waals surface area contributed by atoms with E-state index in [0.717, 1.165) is 16.9 Å². The van der Waals surface area contributed by atoms with Crippen molar-refractivity contribution in [2.75, 3.05) is 25.4 Å². The van der Waals surface area contributed by atoms with E-state index < -0.39 is 10.0 Å². The van der Waals surface area contributed by atoms with Crippen molar-refractivity contribution >= 4 is 15.9 Å². The van der Waals surface area contributed by atoms with Crippen LogP contribution in [0, 0.1) is 13.8 Å². The normalized spacial score (nSPS) is 16.4. The highest BCUT2D eigenvalue weighted by atomic mass is 32.2. The van der Waals surface area contributed by atoms with E-state index in [1.165, 1.54) is 4.31 Å². The molecule has 0 radical (unpaired) electrons. The summed E-state index contributed by atoms with van der Waals surface area (Å²) in [6.45, 7) is 7.16. The summed E-state index contributed by atoms with van der Waals surface area (Å²) in [4.78, 5) is 12.1. The number of benzene rings is 1. The van der Waals surface area contributed by atoms with Gasteiger partial charge in [0.1, 0.15) is 5.75 Å². The van der Waals surface area contributed by atoms with Gasteiger partial charge in [-0.15, -0.1) is 0 Å². The van der Waals surface area contributed by atoms with E-state index in [1.807, 2.05) is 32.0 Å². The molecule has 1 amide bonds.